The SMILES string of the molecule is O=C1S/C(=C/c2ccccc2Br)C(=O)N1Cc1cccc2ccccc12. The molecule has 0 saturated carbocycles. The highest BCUT2D eigenvalue weighted by Gasteiger charge is 2.35. The maximum absolute atomic E-state index is 12.8. The van der Waals surface area contributed by atoms with Gasteiger partial charge in [0.05, 0.1) is 11.4 Å². The van der Waals surface area contributed by atoms with Gasteiger partial charge in [-0.2, -0.15) is 0 Å². The molecular weight excluding hydrogens is 410 g/mol. The summed E-state index contributed by atoms with van der Waals surface area (Å²) in [5.41, 5.74) is 1.84. The first-order chi connectivity index (χ1) is 12.6. The molecule has 3 aromatic rings. The first-order valence-corrected chi connectivity index (χ1v) is 9.71. The molecule has 0 spiro atoms. The summed E-state index contributed by atoms with van der Waals surface area (Å²) in [6.45, 7) is 0.277. The number of carbonyl (C=O) groups excluding carboxylic acids is 2. The van der Waals surface area contributed by atoms with Gasteiger partial charge in [-0.3, -0.25) is 14.5 Å². The van der Waals surface area contributed by atoms with Crippen molar-refractivity contribution < 1.29 is 9.59 Å². The number of rotatable bonds is 3. The van der Waals surface area contributed by atoms with Gasteiger partial charge in [-0.05, 0) is 45.8 Å². The van der Waals surface area contributed by atoms with Crippen LogP contribution in [0.1, 0.15) is 11.1 Å². The topological polar surface area (TPSA) is 37.4 Å². The highest BCUT2D eigenvalue weighted by atomic mass is 79.9. The van der Waals surface area contributed by atoms with Crippen molar-refractivity contribution in [2.24, 2.45) is 0 Å². The van der Waals surface area contributed by atoms with Crippen molar-refractivity contribution in [2.45, 2.75) is 6.54 Å². The van der Waals surface area contributed by atoms with Crippen LogP contribution in [-0.4, -0.2) is 16.0 Å². The van der Waals surface area contributed by atoms with Crippen LogP contribution < -0.4 is 0 Å². The molecule has 0 bridgehead atoms. The zero-order valence-electron chi connectivity index (χ0n) is 13.7. The molecule has 0 N–H and O–H groups in total. The van der Waals surface area contributed by atoms with Gasteiger partial charge < -0.3 is 0 Å². The van der Waals surface area contributed by atoms with Gasteiger partial charge in [0.1, 0.15) is 0 Å². The van der Waals surface area contributed by atoms with E-state index in [1.165, 1.54) is 4.90 Å². The van der Waals surface area contributed by atoms with Gasteiger partial charge in [0, 0.05) is 4.47 Å². The second-order valence-corrected chi connectivity index (χ2v) is 7.78. The van der Waals surface area contributed by atoms with Gasteiger partial charge in [0.15, 0.2) is 0 Å². The summed E-state index contributed by atoms with van der Waals surface area (Å²) in [5.74, 6) is -0.247. The molecule has 3 nitrogen and oxygen atoms in total. The van der Waals surface area contributed by atoms with Crippen molar-refractivity contribution >= 4 is 55.7 Å². The van der Waals surface area contributed by atoms with E-state index in [0.29, 0.717) is 4.91 Å². The summed E-state index contributed by atoms with van der Waals surface area (Å²) in [6, 6.07) is 21.6. The maximum atomic E-state index is 12.8. The first kappa shape index (κ1) is 17.1. The zero-order valence-corrected chi connectivity index (χ0v) is 16.1. The largest absolute Gasteiger partial charge is 0.293 e. The number of thioether (sulfide) groups is 1. The highest BCUT2D eigenvalue weighted by Crippen LogP contribution is 2.35. The van der Waals surface area contributed by atoms with Crippen molar-refractivity contribution in [2.75, 3.05) is 0 Å². The van der Waals surface area contributed by atoms with E-state index in [2.05, 4.69) is 15.9 Å². The average molecular weight is 424 g/mol. The number of hydrogen-bond donors (Lipinski definition) is 0. The molecule has 1 heterocycles. The lowest BCUT2D eigenvalue weighted by Gasteiger charge is -2.14. The van der Waals surface area contributed by atoms with E-state index >= 15 is 0 Å². The second kappa shape index (κ2) is 7.09. The van der Waals surface area contributed by atoms with Crippen LogP contribution >= 0.6 is 27.7 Å². The van der Waals surface area contributed by atoms with E-state index in [1.54, 1.807) is 6.08 Å². The van der Waals surface area contributed by atoms with Crippen molar-refractivity contribution in [1.29, 1.82) is 0 Å². The number of imide groups is 1. The summed E-state index contributed by atoms with van der Waals surface area (Å²) in [6.07, 6.45) is 1.76. The number of hydrogen-bond acceptors (Lipinski definition) is 3. The molecule has 26 heavy (non-hydrogen) atoms. The minimum Gasteiger partial charge on any atom is -0.268 e. The third kappa shape index (κ3) is 3.20. The Morgan fingerprint density at radius 2 is 1.65 bits per heavy atom. The fraction of sp³-hybridized carbons (Fsp3) is 0.0476. The molecule has 1 saturated heterocycles. The molecule has 0 aromatic heterocycles. The van der Waals surface area contributed by atoms with Crippen LogP contribution in [-0.2, 0) is 11.3 Å². The molecule has 2 amide bonds. The molecule has 1 aliphatic heterocycles. The van der Waals surface area contributed by atoms with Gasteiger partial charge in [-0.25, -0.2) is 0 Å². The number of carbonyl (C=O) groups is 2. The van der Waals surface area contributed by atoms with Gasteiger partial charge in [-0.15, -0.1) is 0 Å². The predicted octanol–water partition coefficient (Wildman–Crippen LogP) is 5.84. The lowest BCUT2D eigenvalue weighted by atomic mass is 10.0. The Balaban J connectivity index is 1.65. The van der Waals surface area contributed by atoms with Crippen LogP contribution in [0.4, 0.5) is 4.79 Å². The Kier molecular flexibility index (Phi) is 4.66. The van der Waals surface area contributed by atoms with E-state index < -0.39 is 0 Å². The fourth-order valence-corrected chi connectivity index (χ4v) is 4.20. The summed E-state index contributed by atoms with van der Waals surface area (Å²) in [5, 5.41) is 1.92. The number of benzene rings is 3. The standard InChI is InChI=1S/C21H14BrNO2S/c22-18-11-4-2-7-15(18)12-19-20(24)23(21(25)26-19)13-16-9-5-8-14-6-1-3-10-17(14)16/h1-12H,13H2/b19-12+. The Labute approximate surface area is 163 Å². The predicted molar refractivity (Wildman–Crippen MR) is 110 cm³/mol. The monoisotopic (exact) mass is 423 g/mol. The Bertz CT molecular complexity index is 1060. The lowest BCUT2D eigenvalue weighted by molar-refractivity contribution is -0.123. The van der Waals surface area contributed by atoms with Gasteiger partial charge in [0.25, 0.3) is 11.1 Å². The van der Waals surface area contributed by atoms with Crippen LogP contribution in [0.25, 0.3) is 16.8 Å². The molecule has 1 fully saturated rings. The van der Waals surface area contributed by atoms with E-state index in [1.807, 2.05) is 66.7 Å². The van der Waals surface area contributed by atoms with Crippen molar-refractivity contribution in [1.82, 2.24) is 4.90 Å². The van der Waals surface area contributed by atoms with E-state index in [-0.39, 0.29) is 17.7 Å². The van der Waals surface area contributed by atoms with Crippen LogP contribution in [0, 0.1) is 0 Å². The minimum absolute atomic E-state index is 0.235. The molecule has 4 rings (SSSR count). The Morgan fingerprint density at radius 1 is 0.923 bits per heavy atom. The lowest BCUT2D eigenvalue weighted by Crippen LogP contribution is -2.27. The quantitative estimate of drug-likeness (QED) is 0.496. The molecule has 5 heteroatoms. The van der Waals surface area contributed by atoms with Crippen LogP contribution in [0.15, 0.2) is 76.1 Å². The van der Waals surface area contributed by atoms with Crippen LogP contribution in [0.5, 0.6) is 0 Å². The van der Waals surface area contributed by atoms with E-state index in [0.717, 1.165) is 38.1 Å². The first-order valence-electron chi connectivity index (χ1n) is 8.10. The minimum atomic E-state index is -0.247. The summed E-state index contributed by atoms with van der Waals surface area (Å²) in [7, 11) is 0. The number of nitrogens with zero attached hydrogens (tertiary/aromatic N) is 1. The maximum Gasteiger partial charge on any atom is 0.293 e. The number of fused-ring (bicyclic) bond motifs is 1. The smallest absolute Gasteiger partial charge is 0.268 e. The molecule has 0 atom stereocenters. The zero-order chi connectivity index (χ0) is 18.1. The van der Waals surface area contributed by atoms with E-state index in [4.69, 9.17) is 0 Å². The van der Waals surface area contributed by atoms with Crippen molar-refractivity contribution in [3.63, 3.8) is 0 Å². The van der Waals surface area contributed by atoms with Crippen molar-refractivity contribution in [3.05, 3.63) is 87.2 Å². The normalized spacial score (nSPS) is 16.0. The van der Waals surface area contributed by atoms with E-state index in [9.17, 15) is 9.59 Å². The highest BCUT2D eigenvalue weighted by molar-refractivity contribution is 9.10. The molecule has 3 aromatic carbocycles. The summed E-state index contributed by atoms with van der Waals surface area (Å²) < 4.78 is 0.890. The third-order valence-electron chi connectivity index (χ3n) is 4.27. The Morgan fingerprint density at radius 3 is 2.50 bits per heavy atom. The fourth-order valence-electron chi connectivity index (χ4n) is 2.97. The number of halogens is 1. The van der Waals surface area contributed by atoms with Gasteiger partial charge in [0.2, 0.25) is 0 Å². The van der Waals surface area contributed by atoms with Crippen LogP contribution in [0.3, 0.4) is 0 Å². The van der Waals surface area contributed by atoms with Gasteiger partial charge in [-0.1, -0.05) is 76.6 Å². The third-order valence-corrected chi connectivity index (χ3v) is 5.90. The molecule has 1 aliphatic rings. The van der Waals surface area contributed by atoms with Crippen LogP contribution in [0.2, 0.25) is 0 Å². The summed E-state index contributed by atoms with van der Waals surface area (Å²) >= 11 is 4.46. The average Bonchev–Trinajstić information content (AvgIpc) is 2.91. The second-order valence-electron chi connectivity index (χ2n) is 5.93. The molecule has 0 aliphatic carbocycles. The Hall–Kier alpha value is -2.37. The van der Waals surface area contributed by atoms with Gasteiger partial charge >= 0.3 is 0 Å². The molecule has 128 valence electrons. The molecule has 0 radical (unpaired) electrons. The van der Waals surface area contributed by atoms with Crippen molar-refractivity contribution in [3.8, 4) is 0 Å². The summed E-state index contributed by atoms with van der Waals surface area (Å²) in [4.78, 5) is 27.0. The number of amides is 2. The molecular formula is C21H14BrNO2S. The molecule has 0 unspecified atom stereocenters.